The third kappa shape index (κ3) is 3.02. The van der Waals surface area contributed by atoms with E-state index in [1.165, 1.54) is 11.3 Å². The van der Waals surface area contributed by atoms with Crippen molar-refractivity contribution in [1.82, 2.24) is 15.5 Å². The Labute approximate surface area is 115 Å². The second-order valence-corrected chi connectivity index (χ2v) is 6.59. The monoisotopic (exact) mass is 286 g/mol. The summed E-state index contributed by atoms with van der Waals surface area (Å²) in [6.07, 6.45) is 3.15. The first-order valence-electron chi connectivity index (χ1n) is 6.13. The van der Waals surface area contributed by atoms with Gasteiger partial charge in [-0.15, -0.1) is 10.2 Å². The summed E-state index contributed by atoms with van der Waals surface area (Å²) in [5, 5.41) is 11.2. The molecular formula is C11H18N4OS2. The SMILES string of the molecule is CCCNC(CSc1nncs1)(C(N)=O)C1CC1. The molecule has 1 saturated carbocycles. The zero-order valence-electron chi connectivity index (χ0n) is 10.4. The first-order valence-corrected chi connectivity index (χ1v) is 7.99. The number of primary amides is 1. The summed E-state index contributed by atoms with van der Waals surface area (Å²) in [5.41, 5.74) is 6.77. The third-order valence-electron chi connectivity index (χ3n) is 3.17. The number of nitrogens with two attached hydrogens (primary N) is 1. The lowest BCUT2D eigenvalue weighted by Crippen LogP contribution is -2.59. The molecule has 1 aromatic rings. The van der Waals surface area contributed by atoms with Crippen LogP contribution >= 0.6 is 23.1 Å². The quantitative estimate of drug-likeness (QED) is 0.703. The second-order valence-electron chi connectivity index (χ2n) is 4.53. The van der Waals surface area contributed by atoms with E-state index in [9.17, 15) is 4.79 Å². The molecule has 2 rings (SSSR count). The number of carbonyl (C=O) groups excluding carboxylic acids is 1. The lowest BCUT2D eigenvalue weighted by molar-refractivity contribution is -0.124. The van der Waals surface area contributed by atoms with Gasteiger partial charge in [0.25, 0.3) is 0 Å². The standard InChI is InChI=1S/C11H18N4OS2/c1-2-5-13-11(9(12)16,8-3-4-8)6-17-10-15-14-7-18-10/h7-8,13H,2-6H2,1H3,(H2,12,16). The van der Waals surface area contributed by atoms with Crippen LogP contribution in [0.4, 0.5) is 0 Å². The predicted molar refractivity (Wildman–Crippen MR) is 73.6 cm³/mol. The highest BCUT2D eigenvalue weighted by Crippen LogP contribution is 2.42. The molecular weight excluding hydrogens is 268 g/mol. The Hall–Kier alpha value is -0.660. The summed E-state index contributed by atoms with van der Waals surface area (Å²) in [4.78, 5) is 11.9. The molecule has 7 heteroatoms. The van der Waals surface area contributed by atoms with Crippen LogP contribution in [0.3, 0.4) is 0 Å². The van der Waals surface area contributed by atoms with Crippen molar-refractivity contribution in [2.75, 3.05) is 12.3 Å². The van der Waals surface area contributed by atoms with Gasteiger partial charge in [-0.05, 0) is 31.7 Å². The molecule has 1 fully saturated rings. The van der Waals surface area contributed by atoms with Crippen molar-refractivity contribution in [1.29, 1.82) is 0 Å². The molecule has 1 atom stereocenters. The molecule has 1 aromatic heterocycles. The number of hydrogen-bond acceptors (Lipinski definition) is 6. The normalized spacial score (nSPS) is 18.5. The maximum absolute atomic E-state index is 11.9. The van der Waals surface area contributed by atoms with Crippen LogP contribution in [0.1, 0.15) is 26.2 Å². The molecule has 0 radical (unpaired) electrons. The summed E-state index contributed by atoms with van der Waals surface area (Å²) in [5.74, 6) is 0.778. The summed E-state index contributed by atoms with van der Waals surface area (Å²) in [7, 11) is 0. The Morgan fingerprint density at radius 1 is 1.72 bits per heavy atom. The van der Waals surface area contributed by atoms with Crippen LogP contribution in [0.5, 0.6) is 0 Å². The van der Waals surface area contributed by atoms with Gasteiger partial charge in [0, 0.05) is 5.75 Å². The van der Waals surface area contributed by atoms with Crippen LogP contribution < -0.4 is 11.1 Å². The minimum atomic E-state index is -0.577. The molecule has 3 N–H and O–H groups in total. The van der Waals surface area contributed by atoms with Crippen LogP contribution in [0.2, 0.25) is 0 Å². The van der Waals surface area contributed by atoms with Gasteiger partial charge >= 0.3 is 0 Å². The van der Waals surface area contributed by atoms with Crippen molar-refractivity contribution in [2.24, 2.45) is 11.7 Å². The average Bonchev–Trinajstić information content (AvgIpc) is 3.07. The summed E-state index contributed by atoms with van der Waals surface area (Å²) < 4.78 is 0.888. The van der Waals surface area contributed by atoms with E-state index in [1.54, 1.807) is 17.3 Å². The van der Waals surface area contributed by atoms with Gasteiger partial charge in [0.15, 0.2) is 4.34 Å². The van der Waals surface area contributed by atoms with E-state index in [-0.39, 0.29) is 5.91 Å². The lowest BCUT2D eigenvalue weighted by Gasteiger charge is -2.31. The Morgan fingerprint density at radius 3 is 3.00 bits per heavy atom. The highest BCUT2D eigenvalue weighted by Gasteiger charge is 2.49. The Balaban J connectivity index is 2.04. The zero-order valence-corrected chi connectivity index (χ0v) is 12.0. The van der Waals surface area contributed by atoms with Crippen LogP contribution in [0.25, 0.3) is 0 Å². The number of amides is 1. The van der Waals surface area contributed by atoms with E-state index in [0.717, 1.165) is 30.1 Å². The first kappa shape index (κ1) is 13.8. The smallest absolute Gasteiger partial charge is 0.238 e. The number of rotatable bonds is 8. The van der Waals surface area contributed by atoms with E-state index in [0.29, 0.717) is 11.7 Å². The fourth-order valence-corrected chi connectivity index (χ4v) is 3.79. The molecule has 0 aromatic carbocycles. The van der Waals surface area contributed by atoms with E-state index in [2.05, 4.69) is 22.4 Å². The van der Waals surface area contributed by atoms with Gasteiger partial charge in [-0.2, -0.15) is 0 Å². The van der Waals surface area contributed by atoms with E-state index >= 15 is 0 Å². The first-order chi connectivity index (χ1) is 8.69. The van der Waals surface area contributed by atoms with Crippen LogP contribution in [0, 0.1) is 5.92 Å². The molecule has 1 aliphatic carbocycles. The highest BCUT2D eigenvalue weighted by molar-refractivity contribution is 8.01. The van der Waals surface area contributed by atoms with E-state index < -0.39 is 5.54 Å². The van der Waals surface area contributed by atoms with Gasteiger partial charge in [-0.3, -0.25) is 4.79 Å². The number of nitrogens with one attached hydrogen (secondary N) is 1. The Bertz CT molecular complexity index is 394. The largest absolute Gasteiger partial charge is 0.368 e. The molecule has 0 aliphatic heterocycles. The Morgan fingerprint density at radius 2 is 2.50 bits per heavy atom. The maximum atomic E-state index is 11.9. The molecule has 1 amide bonds. The van der Waals surface area contributed by atoms with Crippen molar-refractivity contribution in [2.45, 2.75) is 36.1 Å². The van der Waals surface area contributed by atoms with Crippen LogP contribution in [-0.4, -0.2) is 33.9 Å². The van der Waals surface area contributed by atoms with Gasteiger partial charge in [0.2, 0.25) is 5.91 Å². The molecule has 1 unspecified atom stereocenters. The van der Waals surface area contributed by atoms with Gasteiger partial charge in [-0.25, -0.2) is 0 Å². The number of carbonyl (C=O) groups is 1. The molecule has 5 nitrogen and oxygen atoms in total. The average molecular weight is 286 g/mol. The fourth-order valence-electron chi connectivity index (χ4n) is 2.00. The molecule has 18 heavy (non-hydrogen) atoms. The number of thioether (sulfide) groups is 1. The molecule has 0 saturated heterocycles. The molecule has 100 valence electrons. The van der Waals surface area contributed by atoms with Crippen LogP contribution in [-0.2, 0) is 4.79 Å². The van der Waals surface area contributed by atoms with Crippen molar-refractivity contribution in [3.8, 4) is 0 Å². The second kappa shape index (κ2) is 5.99. The van der Waals surface area contributed by atoms with Gasteiger partial charge in [-0.1, -0.05) is 30.0 Å². The predicted octanol–water partition coefficient (Wildman–Crippen LogP) is 1.26. The highest BCUT2D eigenvalue weighted by atomic mass is 32.2. The van der Waals surface area contributed by atoms with Gasteiger partial charge in [0.05, 0.1) is 0 Å². The third-order valence-corrected chi connectivity index (χ3v) is 5.22. The zero-order chi connectivity index (χ0) is 13.0. The van der Waals surface area contributed by atoms with Crippen molar-refractivity contribution in [3.05, 3.63) is 5.51 Å². The van der Waals surface area contributed by atoms with Gasteiger partial charge < -0.3 is 11.1 Å². The number of nitrogens with zero attached hydrogens (tertiary/aromatic N) is 2. The lowest BCUT2D eigenvalue weighted by atomic mass is 9.94. The number of aromatic nitrogens is 2. The van der Waals surface area contributed by atoms with Crippen molar-refractivity contribution >= 4 is 29.0 Å². The summed E-state index contributed by atoms with van der Waals surface area (Å²) in [6, 6.07) is 0. The van der Waals surface area contributed by atoms with Crippen molar-refractivity contribution < 1.29 is 4.79 Å². The Kier molecular flexibility index (Phi) is 4.58. The number of hydrogen-bond donors (Lipinski definition) is 2. The minimum absolute atomic E-state index is 0.240. The fraction of sp³-hybridized carbons (Fsp3) is 0.727. The summed E-state index contributed by atoms with van der Waals surface area (Å²) in [6.45, 7) is 2.90. The van der Waals surface area contributed by atoms with E-state index in [1.807, 2.05) is 0 Å². The summed E-state index contributed by atoms with van der Waals surface area (Å²) >= 11 is 3.05. The van der Waals surface area contributed by atoms with E-state index in [4.69, 9.17) is 5.73 Å². The molecule has 0 bridgehead atoms. The molecule has 1 aliphatic rings. The topological polar surface area (TPSA) is 80.9 Å². The van der Waals surface area contributed by atoms with Gasteiger partial charge in [0.1, 0.15) is 11.0 Å². The van der Waals surface area contributed by atoms with Crippen LogP contribution in [0.15, 0.2) is 9.85 Å². The molecule has 1 heterocycles. The maximum Gasteiger partial charge on any atom is 0.238 e. The molecule has 0 spiro atoms. The minimum Gasteiger partial charge on any atom is -0.368 e. The van der Waals surface area contributed by atoms with Crippen molar-refractivity contribution in [3.63, 3.8) is 0 Å².